The molecule has 0 saturated carbocycles. The number of rotatable bonds is 8. The summed E-state index contributed by atoms with van der Waals surface area (Å²) in [6.07, 6.45) is 4.63. The van der Waals surface area contributed by atoms with Crippen molar-refractivity contribution in [2.45, 2.75) is 32.7 Å². The van der Waals surface area contributed by atoms with Crippen molar-refractivity contribution in [2.24, 2.45) is 5.92 Å². The van der Waals surface area contributed by atoms with Crippen LogP contribution in [0.2, 0.25) is 5.02 Å². The third kappa shape index (κ3) is 4.83. The predicted molar refractivity (Wildman–Crippen MR) is 86.6 cm³/mol. The smallest absolute Gasteiger partial charge is 0.138 e. The first-order valence-electron chi connectivity index (χ1n) is 7.48. The molecule has 1 heterocycles. The quantitative estimate of drug-likeness (QED) is 0.815. The topological polar surface area (TPSA) is 42.7 Å². The molecule has 2 aromatic rings. The van der Waals surface area contributed by atoms with Gasteiger partial charge in [0.15, 0.2) is 0 Å². The van der Waals surface area contributed by atoms with Gasteiger partial charge >= 0.3 is 0 Å². The molecule has 0 saturated heterocycles. The average molecular weight is 307 g/mol. The second kappa shape index (κ2) is 8.15. The van der Waals surface area contributed by atoms with Crippen LogP contribution in [0.4, 0.5) is 0 Å². The summed E-state index contributed by atoms with van der Waals surface area (Å²) in [5.41, 5.74) is 1.27. The number of hydrogen-bond donors (Lipinski definition) is 1. The Morgan fingerprint density at radius 3 is 2.90 bits per heavy atom. The van der Waals surface area contributed by atoms with E-state index in [-0.39, 0.29) is 0 Å². The molecule has 114 valence electrons. The van der Waals surface area contributed by atoms with Crippen LogP contribution in [-0.4, -0.2) is 28.4 Å². The summed E-state index contributed by atoms with van der Waals surface area (Å²) in [4.78, 5) is 4.41. The van der Waals surface area contributed by atoms with Crippen molar-refractivity contribution in [1.82, 2.24) is 20.1 Å². The summed E-state index contributed by atoms with van der Waals surface area (Å²) in [6.45, 7) is 4.03. The molecule has 1 aromatic carbocycles. The zero-order valence-electron chi connectivity index (χ0n) is 12.7. The fourth-order valence-corrected chi connectivity index (χ4v) is 2.82. The largest absolute Gasteiger partial charge is 0.319 e. The number of nitrogens with one attached hydrogen (secondary N) is 1. The molecule has 21 heavy (non-hydrogen) atoms. The molecular weight excluding hydrogens is 284 g/mol. The highest BCUT2D eigenvalue weighted by molar-refractivity contribution is 6.30. The lowest BCUT2D eigenvalue weighted by Gasteiger charge is -2.17. The lowest BCUT2D eigenvalue weighted by molar-refractivity contribution is 0.458. The van der Waals surface area contributed by atoms with Crippen LogP contribution < -0.4 is 5.32 Å². The van der Waals surface area contributed by atoms with Gasteiger partial charge in [-0.15, -0.1) is 0 Å². The Balaban J connectivity index is 2.06. The number of aryl methyl sites for hydroxylation is 1. The summed E-state index contributed by atoms with van der Waals surface area (Å²) >= 11 is 6.07. The number of aromatic nitrogens is 3. The fourth-order valence-electron chi connectivity index (χ4n) is 2.61. The number of hydrogen-bond acceptors (Lipinski definition) is 3. The van der Waals surface area contributed by atoms with E-state index in [2.05, 4.69) is 28.4 Å². The molecule has 0 aliphatic rings. The zero-order chi connectivity index (χ0) is 15.1. The minimum Gasteiger partial charge on any atom is -0.319 e. The van der Waals surface area contributed by atoms with Crippen molar-refractivity contribution in [2.75, 3.05) is 13.6 Å². The van der Waals surface area contributed by atoms with Crippen LogP contribution in [0.15, 0.2) is 30.6 Å². The SMILES string of the molecule is CCCn1ncnc1CC(CNC)Cc1cccc(Cl)c1. The Morgan fingerprint density at radius 2 is 2.19 bits per heavy atom. The zero-order valence-corrected chi connectivity index (χ0v) is 13.5. The van der Waals surface area contributed by atoms with Crippen LogP contribution in [0.5, 0.6) is 0 Å². The molecular formula is C16H23ClN4. The lowest BCUT2D eigenvalue weighted by Crippen LogP contribution is -2.24. The number of benzene rings is 1. The second-order valence-electron chi connectivity index (χ2n) is 5.36. The first kappa shape index (κ1) is 16.0. The molecule has 1 aromatic heterocycles. The highest BCUT2D eigenvalue weighted by atomic mass is 35.5. The normalized spacial score (nSPS) is 12.5. The van der Waals surface area contributed by atoms with E-state index in [0.717, 1.165) is 43.2 Å². The molecule has 0 amide bonds. The number of halogens is 1. The Kier molecular flexibility index (Phi) is 6.21. The standard InChI is InChI=1S/C16H23ClN4/c1-3-7-21-16(19-12-20-21)10-14(11-18-2)8-13-5-4-6-15(17)9-13/h4-6,9,12,14,18H,3,7-8,10-11H2,1-2H3. The summed E-state index contributed by atoms with van der Waals surface area (Å²) in [6, 6.07) is 8.09. The van der Waals surface area contributed by atoms with E-state index in [1.54, 1.807) is 6.33 Å². The van der Waals surface area contributed by atoms with Crippen LogP contribution >= 0.6 is 11.6 Å². The van der Waals surface area contributed by atoms with Gasteiger partial charge in [0.25, 0.3) is 0 Å². The van der Waals surface area contributed by atoms with Gasteiger partial charge in [-0.2, -0.15) is 5.10 Å². The highest BCUT2D eigenvalue weighted by Gasteiger charge is 2.14. The first-order valence-corrected chi connectivity index (χ1v) is 7.86. The Bertz CT molecular complexity index is 553. The minimum absolute atomic E-state index is 0.480. The monoisotopic (exact) mass is 306 g/mol. The van der Waals surface area contributed by atoms with E-state index in [1.165, 1.54) is 5.56 Å². The van der Waals surface area contributed by atoms with Gasteiger partial charge in [-0.1, -0.05) is 30.7 Å². The van der Waals surface area contributed by atoms with Crippen molar-refractivity contribution < 1.29 is 0 Å². The maximum atomic E-state index is 6.07. The molecule has 1 N–H and O–H groups in total. The number of nitrogens with zero attached hydrogens (tertiary/aromatic N) is 3. The maximum Gasteiger partial charge on any atom is 0.138 e. The lowest BCUT2D eigenvalue weighted by atomic mass is 9.95. The molecule has 1 unspecified atom stereocenters. The van der Waals surface area contributed by atoms with E-state index in [1.807, 2.05) is 29.9 Å². The molecule has 0 aliphatic heterocycles. The van der Waals surface area contributed by atoms with Gasteiger partial charge in [0.2, 0.25) is 0 Å². The molecule has 0 fully saturated rings. The Morgan fingerprint density at radius 1 is 1.33 bits per heavy atom. The fraction of sp³-hybridized carbons (Fsp3) is 0.500. The van der Waals surface area contributed by atoms with Gasteiger partial charge in [0, 0.05) is 18.0 Å². The van der Waals surface area contributed by atoms with Crippen LogP contribution in [-0.2, 0) is 19.4 Å². The molecule has 4 nitrogen and oxygen atoms in total. The van der Waals surface area contributed by atoms with Crippen molar-refractivity contribution in [3.05, 3.63) is 47.0 Å². The summed E-state index contributed by atoms with van der Waals surface area (Å²) in [5, 5.41) is 8.38. The van der Waals surface area contributed by atoms with Crippen molar-refractivity contribution in [1.29, 1.82) is 0 Å². The minimum atomic E-state index is 0.480. The van der Waals surface area contributed by atoms with Gasteiger partial charge in [0.1, 0.15) is 12.2 Å². The van der Waals surface area contributed by atoms with E-state index in [0.29, 0.717) is 5.92 Å². The van der Waals surface area contributed by atoms with Gasteiger partial charge in [-0.25, -0.2) is 4.98 Å². The van der Waals surface area contributed by atoms with E-state index in [9.17, 15) is 0 Å². The Hall–Kier alpha value is -1.39. The third-order valence-electron chi connectivity index (χ3n) is 3.51. The van der Waals surface area contributed by atoms with Gasteiger partial charge in [-0.3, -0.25) is 4.68 Å². The van der Waals surface area contributed by atoms with Crippen LogP contribution in [0.25, 0.3) is 0 Å². The highest BCUT2D eigenvalue weighted by Crippen LogP contribution is 2.17. The molecule has 0 spiro atoms. The van der Waals surface area contributed by atoms with Crippen molar-refractivity contribution in [3.8, 4) is 0 Å². The van der Waals surface area contributed by atoms with Gasteiger partial charge in [-0.05, 0) is 50.0 Å². The molecule has 0 bridgehead atoms. The first-order chi connectivity index (χ1) is 10.2. The Labute approximate surface area is 131 Å². The third-order valence-corrected chi connectivity index (χ3v) is 3.74. The molecule has 0 aliphatic carbocycles. The van der Waals surface area contributed by atoms with E-state index >= 15 is 0 Å². The second-order valence-corrected chi connectivity index (χ2v) is 5.80. The summed E-state index contributed by atoms with van der Waals surface area (Å²) in [7, 11) is 1.99. The van der Waals surface area contributed by atoms with E-state index in [4.69, 9.17) is 11.6 Å². The molecule has 1 atom stereocenters. The molecule has 0 radical (unpaired) electrons. The summed E-state index contributed by atoms with van der Waals surface area (Å²) < 4.78 is 2.01. The van der Waals surface area contributed by atoms with Crippen LogP contribution in [0, 0.1) is 5.92 Å². The van der Waals surface area contributed by atoms with Crippen LogP contribution in [0.3, 0.4) is 0 Å². The summed E-state index contributed by atoms with van der Waals surface area (Å²) in [5.74, 6) is 1.55. The van der Waals surface area contributed by atoms with E-state index < -0.39 is 0 Å². The average Bonchev–Trinajstić information content (AvgIpc) is 2.87. The maximum absolute atomic E-state index is 6.07. The van der Waals surface area contributed by atoms with Crippen molar-refractivity contribution >= 4 is 11.6 Å². The van der Waals surface area contributed by atoms with Crippen LogP contribution in [0.1, 0.15) is 24.7 Å². The molecule has 5 heteroatoms. The predicted octanol–water partition coefficient (Wildman–Crippen LogP) is 2.96. The van der Waals surface area contributed by atoms with Gasteiger partial charge in [0.05, 0.1) is 0 Å². The molecule has 2 rings (SSSR count). The van der Waals surface area contributed by atoms with Crippen molar-refractivity contribution in [3.63, 3.8) is 0 Å². The van der Waals surface area contributed by atoms with Gasteiger partial charge < -0.3 is 5.32 Å².